The predicted octanol–water partition coefficient (Wildman–Crippen LogP) is 4.95. The van der Waals surface area contributed by atoms with Crippen LogP contribution < -0.4 is 10.0 Å². The fourth-order valence-corrected chi connectivity index (χ4v) is 5.59. The van der Waals surface area contributed by atoms with Crippen LogP contribution >= 0.6 is 11.3 Å². The smallest absolute Gasteiger partial charge is 0.339 e. The fraction of sp³-hybridized carbons (Fsp3) is 0.0370. The zero-order valence-corrected chi connectivity index (χ0v) is 21.3. The molecule has 0 bridgehead atoms. The maximum Gasteiger partial charge on any atom is 0.339 e. The first kappa shape index (κ1) is 25.1. The molecule has 0 spiro atoms. The van der Waals surface area contributed by atoms with Gasteiger partial charge in [0.1, 0.15) is 10.8 Å². The lowest BCUT2D eigenvalue weighted by molar-refractivity contribution is -0.119. The molecule has 0 atom stereocenters. The second kappa shape index (κ2) is 10.8. The number of thiazole rings is 1. The molecule has 2 aromatic heterocycles. The van der Waals surface area contributed by atoms with Gasteiger partial charge in [-0.15, -0.1) is 11.3 Å². The number of amides is 1. The summed E-state index contributed by atoms with van der Waals surface area (Å²) >= 11 is 1.46. The number of aromatic nitrogens is 2. The lowest BCUT2D eigenvalue weighted by Crippen LogP contribution is -2.21. The van der Waals surface area contributed by atoms with E-state index in [9.17, 15) is 18.0 Å². The third kappa shape index (κ3) is 5.69. The van der Waals surface area contributed by atoms with E-state index >= 15 is 0 Å². The van der Waals surface area contributed by atoms with Gasteiger partial charge in [0.2, 0.25) is 0 Å². The minimum absolute atomic E-state index is 0.000894. The molecule has 0 saturated heterocycles. The van der Waals surface area contributed by atoms with E-state index in [0.29, 0.717) is 21.8 Å². The molecule has 1 amide bonds. The summed E-state index contributed by atoms with van der Waals surface area (Å²) in [6, 6.07) is 25.1. The monoisotopic (exact) mass is 544 g/mol. The Hall–Kier alpha value is -4.61. The summed E-state index contributed by atoms with van der Waals surface area (Å²) in [5.41, 5.74) is 2.10. The normalized spacial score (nSPS) is 11.2. The van der Waals surface area contributed by atoms with Crippen molar-refractivity contribution in [3.8, 4) is 10.6 Å². The first-order chi connectivity index (χ1) is 18.4. The minimum Gasteiger partial charge on any atom is -0.452 e. The second-order valence-corrected chi connectivity index (χ2v) is 10.7. The third-order valence-electron chi connectivity index (χ3n) is 5.36. The van der Waals surface area contributed by atoms with Gasteiger partial charge in [-0.2, -0.15) is 0 Å². The van der Waals surface area contributed by atoms with Crippen LogP contribution in [0.5, 0.6) is 0 Å². The summed E-state index contributed by atoms with van der Waals surface area (Å²) in [6.45, 7) is -0.520. The molecule has 0 unspecified atom stereocenters. The number of hydrogen-bond donors (Lipinski definition) is 2. The quantitative estimate of drug-likeness (QED) is 0.265. The molecule has 190 valence electrons. The van der Waals surface area contributed by atoms with Gasteiger partial charge in [-0.3, -0.25) is 9.52 Å². The highest BCUT2D eigenvalue weighted by Crippen LogP contribution is 2.32. The van der Waals surface area contributed by atoms with Gasteiger partial charge in [0, 0.05) is 17.4 Å². The van der Waals surface area contributed by atoms with E-state index in [1.165, 1.54) is 47.9 Å². The molecule has 3 aromatic carbocycles. The Balaban J connectivity index is 1.21. The van der Waals surface area contributed by atoms with E-state index in [2.05, 4.69) is 20.0 Å². The number of fused-ring (bicyclic) bond motifs is 1. The van der Waals surface area contributed by atoms with Crippen molar-refractivity contribution in [3.05, 3.63) is 103 Å². The maximum absolute atomic E-state index is 12.8. The highest BCUT2D eigenvalue weighted by Gasteiger charge is 2.18. The molecule has 5 aromatic rings. The van der Waals surface area contributed by atoms with E-state index in [4.69, 9.17) is 4.74 Å². The number of hydrogen-bond acceptors (Lipinski definition) is 8. The summed E-state index contributed by atoms with van der Waals surface area (Å²) in [6.07, 6.45) is 1.48. The zero-order valence-electron chi connectivity index (χ0n) is 19.7. The Kier molecular flexibility index (Phi) is 7.11. The van der Waals surface area contributed by atoms with Crippen molar-refractivity contribution >= 4 is 55.0 Å². The average molecular weight is 545 g/mol. The topological polar surface area (TPSA) is 127 Å². The number of anilines is 2. The van der Waals surface area contributed by atoms with Gasteiger partial charge in [0.15, 0.2) is 6.61 Å². The number of ether oxygens (including phenoxy) is 1. The number of carbonyl (C=O) groups excluding carboxylic acids is 2. The predicted molar refractivity (Wildman–Crippen MR) is 145 cm³/mol. The Morgan fingerprint density at radius 3 is 2.37 bits per heavy atom. The molecule has 5 rings (SSSR count). The van der Waals surface area contributed by atoms with E-state index in [0.717, 1.165) is 10.2 Å². The van der Waals surface area contributed by atoms with Crippen molar-refractivity contribution in [1.82, 2.24) is 9.97 Å². The fourth-order valence-electron chi connectivity index (χ4n) is 3.58. The first-order valence-corrected chi connectivity index (χ1v) is 13.6. The van der Waals surface area contributed by atoms with Crippen LogP contribution in [-0.4, -0.2) is 36.9 Å². The van der Waals surface area contributed by atoms with Crippen molar-refractivity contribution in [1.29, 1.82) is 0 Å². The SMILES string of the molecule is O=C(COC(=O)c1ccccc1-c1nc2ccccc2s1)Nc1ccc(S(=O)(=O)Nc2ccccn2)cc1. The Bertz CT molecular complexity index is 1690. The largest absolute Gasteiger partial charge is 0.452 e. The molecule has 0 saturated carbocycles. The zero-order chi connectivity index (χ0) is 26.5. The number of rotatable bonds is 8. The van der Waals surface area contributed by atoms with E-state index in [-0.39, 0.29) is 10.7 Å². The Labute approximate surface area is 222 Å². The Morgan fingerprint density at radius 2 is 1.61 bits per heavy atom. The standard InChI is InChI=1S/C27H20N4O5S2/c32-25(29-18-12-14-19(15-13-18)38(34,35)31-24-11-5-6-16-28-24)17-36-27(33)21-8-2-1-7-20(21)26-30-22-9-3-4-10-23(22)37-26/h1-16H,17H2,(H,28,31)(H,29,32). The van der Waals surface area contributed by atoms with E-state index in [1.807, 2.05) is 24.3 Å². The van der Waals surface area contributed by atoms with Crippen LogP contribution in [0.4, 0.5) is 11.5 Å². The van der Waals surface area contributed by atoms with Crippen LogP contribution in [0.3, 0.4) is 0 Å². The highest BCUT2D eigenvalue weighted by molar-refractivity contribution is 7.92. The molecular weight excluding hydrogens is 524 g/mol. The van der Waals surface area contributed by atoms with Gasteiger partial charge in [0.25, 0.3) is 15.9 Å². The van der Waals surface area contributed by atoms with Crippen molar-refractivity contribution in [2.75, 3.05) is 16.6 Å². The summed E-state index contributed by atoms with van der Waals surface area (Å²) in [7, 11) is -3.85. The molecule has 11 heteroatoms. The number of esters is 1. The summed E-state index contributed by atoms with van der Waals surface area (Å²) in [4.78, 5) is 33.8. The van der Waals surface area contributed by atoms with Gasteiger partial charge in [-0.1, -0.05) is 36.4 Å². The average Bonchev–Trinajstić information content (AvgIpc) is 3.37. The minimum atomic E-state index is -3.85. The van der Waals surface area contributed by atoms with E-state index < -0.39 is 28.5 Å². The number of benzene rings is 3. The molecule has 2 N–H and O–H groups in total. The van der Waals surface area contributed by atoms with Crippen LogP contribution in [0.25, 0.3) is 20.8 Å². The van der Waals surface area contributed by atoms with Crippen LogP contribution in [0.15, 0.2) is 102 Å². The van der Waals surface area contributed by atoms with Gasteiger partial charge < -0.3 is 10.1 Å². The molecule has 0 radical (unpaired) electrons. The number of sulfonamides is 1. The molecule has 9 nitrogen and oxygen atoms in total. The van der Waals surface area contributed by atoms with Gasteiger partial charge in [-0.25, -0.2) is 23.2 Å². The maximum atomic E-state index is 12.8. The van der Waals surface area contributed by atoms with Gasteiger partial charge >= 0.3 is 5.97 Å². The van der Waals surface area contributed by atoms with Crippen molar-refractivity contribution in [2.45, 2.75) is 4.90 Å². The molecule has 0 aliphatic heterocycles. The molecule has 0 fully saturated rings. The Morgan fingerprint density at radius 1 is 0.868 bits per heavy atom. The lowest BCUT2D eigenvalue weighted by Gasteiger charge is -2.10. The van der Waals surface area contributed by atoms with Gasteiger partial charge in [0.05, 0.1) is 20.7 Å². The number of para-hydroxylation sites is 1. The molecule has 0 aliphatic rings. The van der Waals surface area contributed by atoms with Crippen LogP contribution in [0.2, 0.25) is 0 Å². The number of carbonyl (C=O) groups is 2. The number of nitrogens with one attached hydrogen (secondary N) is 2. The molecule has 0 aliphatic carbocycles. The third-order valence-corrected chi connectivity index (χ3v) is 7.80. The molecule has 2 heterocycles. The van der Waals surface area contributed by atoms with Gasteiger partial charge in [-0.05, 0) is 54.6 Å². The molecular formula is C27H20N4O5S2. The lowest BCUT2D eigenvalue weighted by atomic mass is 10.1. The second-order valence-electron chi connectivity index (χ2n) is 8.00. The van der Waals surface area contributed by atoms with E-state index in [1.54, 1.807) is 36.4 Å². The number of nitrogens with zero attached hydrogens (tertiary/aromatic N) is 2. The van der Waals surface area contributed by atoms with Crippen molar-refractivity contribution in [3.63, 3.8) is 0 Å². The molecule has 38 heavy (non-hydrogen) atoms. The van der Waals surface area contributed by atoms with Crippen LogP contribution in [0, 0.1) is 0 Å². The summed E-state index contributed by atoms with van der Waals surface area (Å²) in [5, 5.41) is 3.26. The summed E-state index contributed by atoms with van der Waals surface area (Å²) < 4.78 is 33.7. The van der Waals surface area contributed by atoms with Crippen LogP contribution in [-0.2, 0) is 19.6 Å². The van der Waals surface area contributed by atoms with Crippen LogP contribution in [0.1, 0.15) is 10.4 Å². The number of pyridine rings is 1. The highest BCUT2D eigenvalue weighted by atomic mass is 32.2. The van der Waals surface area contributed by atoms with Crippen molar-refractivity contribution in [2.24, 2.45) is 0 Å². The van der Waals surface area contributed by atoms with Crippen molar-refractivity contribution < 1.29 is 22.7 Å². The first-order valence-electron chi connectivity index (χ1n) is 11.3. The summed E-state index contributed by atoms with van der Waals surface area (Å²) in [5.74, 6) is -1.04.